The van der Waals surface area contributed by atoms with Crippen molar-refractivity contribution >= 4 is 11.8 Å². The van der Waals surface area contributed by atoms with Crippen molar-refractivity contribution in [3.8, 4) is 5.75 Å². The zero-order chi connectivity index (χ0) is 15.7. The molecule has 0 atom stereocenters. The molecule has 1 heterocycles. The third kappa shape index (κ3) is 3.49. The predicted molar refractivity (Wildman–Crippen MR) is 49.5 cm³/mol. The van der Waals surface area contributed by atoms with E-state index in [2.05, 4.69) is 9.72 Å². The first kappa shape index (κ1) is 15.5. The average Bonchev–Trinajstić information content (AvgIpc) is 2.24. The molecule has 0 aliphatic carbocycles. The summed E-state index contributed by atoms with van der Waals surface area (Å²) in [5, 5.41) is 19.2. The van der Waals surface area contributed by atoms with E-state index < -0.39 is 46.5 Å². The van der Waals surface area contributed by atoms with Crippen molar-refractivity contribution in [3.63, 3.8) is 0 Å². The fourth-order valence-electron chi connectivity index (χ4n) is 1.18. The summed E-state index contributed by atoms with van der Waals surface area (Å²) in [6, 6.07) is -0.0192. The molecule has 0 saturated carbocycles. The number of aromatic nitrogens is 1. The van der Waals surface area contributed by atoms with E-state index in [0.717, 1.165) is 0 Å². The van der Waals surface area contributed by atoms with Crippen molar-refractivity contribution in [3.05, 3.63) is 27.4 Å². The van der Waals surface area contributed by atoms with Crippen molar-refractivity contribution in [2.45, 2.75) is 12.8 Å². The van der Waals surface area contributed by atoms with Crippen molar-refractivity contribution in [2.75, 3.05) is 0 Å². The quantitative estimate of drug-likeness (QED) is 0.521. The van der Waals surface area contributed by atoms with Gasteiger partial charge >= 0.3 is 24.6 Å². The minimum atomic E-state index is -5.42. The number of halogens is 5. The highest BCUT2D eigenvalue weighted by Crippen LogP contribution is 2.34. The molecule has 110 valence electrons. The number of hydrogen-bond acceptors (Lipinski definition) is 5. The largest absolute Gasteiger partial charge is 0.573 e. The Morgan fingerprint density at radius 3 is 2.35 bits per heavy atom. The van der Waals surface area contributed by atoms with Crippen LogP contribution in [0, 0.1) is 10.1 Å². The number of alkyl halides is 5. The Hall–Kier alpha value is -2.53. The molecule has 1 aromatic heterocycles. The number of nitro groups is 1. The number of carboxylic acids is 1. The number of aromatic carboxylic acids is 1. The first-order chi connectivity index (χ1) is 9.03. The highest BCUT2D eigenvalue weighted by molar-refractivity contribution is 5.94. The number of nitrogens with zero attached hydrogens (tertiary/aromatic N) is 2. The van der Waals surface area contributed by atoms with Gasteiger partial charge < -0.3 is 20.0 Å². The molecule has 0 radical (unpaired) electrons. The monoisotopic (exact) mass is 302 g/mol. The topological polar surface area (TPSA) is 103 Å². The zero-order valence-corrected chi connectivity index (χ0v) is 9.02. The van der Waals surface area contributed by atoms with Crippen LogP contribution in [0.15, 0.2) is 6.07 Å². The third-order valence-corrected chi connectivity index (χ3v) is 1.82. The smallest absolute Gasteiger partial charge is 0.477 e. The fourth-order valence-corrected chi connectivity index (χ4v) is 1.18. The van der Waals surface area contributed by atoms with Gasteiger partial charge in [-0.15, -0.1) is 13.2 Å². The summed E-state index contributed by atoms with van der Waals surface area (Å²) in [7, 11) is 0. The van der Waals surface area contributed by atoms with Gasteiger partial charge in [0.2, 0.25) is 5.69 Å². The molecule has 1 N–H and O–H groups in total. The molecule has 12 heteroatoms. The van der Waals surface area contributed by atoms with Crippen molar-refractivity contribution in [1.82, 2.24) is 4.98 Å². The van der Waals surface area contributed by atoms with Gasteiger partial charge in [-0.3, -0.25) is 0 Å². The molecule has 0 bridgehead atoms. The average molecular weight is 302 g/mol. The molecule has 0 aromatic carbocycles. The number of hydrogen-bond donors (Lipinski definition) is 1. The van der Waals surface area contributed by atoms with Crippen LogP contribution in [-0.4, -0.2) is 27.3 Å². The first-order valence-electron chi connectivity index (χ1n) is 4.49. The van der Waals surface area contributed by atoms with Crippen LogP contribution in [0.1, 0.15) is 22.5 Å². The van der Waals surface area contributed by atoms with Gasteiger partial charge in [0.15, 0.2) is 11.3 Å². The molecule has 1 rings (SSSR count). The Kier molecular flexibility index (Phi) is 4.06. The van der Waals surface area contributed by atoms with Gasteiger partial charge in [-0.25, -0.2) is 13.6 Å². The highest BCUT2D eigenvalue weighted by Gasteiger charge is 2.38. The second kappa shape index (κ2) is 5.22. The van der Waals surface area contributed by atoms with Gasteiger partial charge in [0.1, 0.15) is 0 Å². The summed E-state index contributed by atoms with van der Waals surface area (Å²) in [5.74, 6) is -5.49. The van der Waals surface area contributed by atoms with E-state index in [9.17, 15) is 36.9 Å². The van der Waals surface area contributed by atoms with Gasteiger partial charge in [-0.05, 0) is 9.91 Å². The fraction of sp³-hybridized carbons (Fsp3) is 0.250. The van der Waals surface area contributed by atoms with Gasteiger partial charge in [-0.2, -0.15) is 0 Å². The number of ether oxygens (including phenoxy) is 1. The molecule has 0 aliphatic rings. The Morgan fingerprint density at radius 1 is 1.45 bits per heavy atom. The SMILES string of the molecule is O=C(O)c1c(OC(F)(F)F)cc(C(F)F)nc1[N+](=O)[O-]. The van der Waals surface area contributed by atoms with Crippen LogP contribution < -0.4 is 4.74 Å². The van der Waals surface area contributed by atoms with E-state index in [1.54, 1.807) is 0 Å². The summed E-state index contributed by atoms with van der Waals surface area (Å²) < 4.78 is 64.2. The van der Waals surface area contributed by atoms with E-state index >= 15 is 0 Å². The first-order valence-corrected chi connectivity index (χ1v) is 4.49. The maximum Gasteiger partial charge on any atom is 0.573 e. The van der Waals surface area contributed by atoms with Crippen LogP contribution in [-0.2, 0) is 0 Å². The lowest BCUT2D eigenvalue weighted by molar-refractivity contribution is -0.390. The number of carbonyl (C=O) groups is 1. The van der Waals surface area contributed by atoms with E-state index in [1.165, 1.54) is 0 Å². The summed E-state index contributed by atoms with van der Waals surface area (Å²) in [6.45, 7) is 0. The molecule has 0 spiro atoms. The minimum absolute atomic E-state index is 0.0192. The highest BCUT2D eigenvalue weighted by atomic mass is 19.4. The lowest BCUT2D eigenvalue weighted by atomic mass is 10.2. The maximum absolute atomic E-state index is 12.4. The Morgan fingerprint density at radius 2 is 2.00 bits per heavy atom. The van der Waals surface area contributed by atoms with Crippen LogP contribution in [0.25, 0.3) is 0 Å². The van der Waals surface area contributed by atoms with Crippen LogP contribution in [0.5, 0.6) is 5.75 Å². The third-order valence-electron chi connectivity index (χ3n) is 1.82. The van der Waals surface area contributed by atoms with Crippen LogP contribution in [0.2, 0.25) is 0 Å². The molecule has 0 saturated heterocycles. The maximum atomic E-state index is 12.4. The number of rotatable bonds is 4. The van der Waals surface area contributed by atoms with Gasteiger partial charge in [-0.1, -0.05) is 0 Å². The Labute approximate surface area is 105 Å². The summed E-state index contributed by atoms with van der Waals surface area (Å²) in [4.78, 5) is 22.5. The second-order valence-corrected chi connectivity index (χ2v) is 3.15. The van der Waals surface area contributed by atoms with Gasteiger partial charge in [0.05, 0.1) is 0 Å². The van der Waals surface area contributed by atoms with Crippen molar-refractivity contribution in [2.24, 2.45) is 0 Å². The molecular weight excluding hydrogens is 299 g/mol. The molecule has 0 amide bonds. The standard InChI is InChI=1S/C8H3F5N2O5/c9-5(10)2-1-3(20-8(11,12)13)4(7(16)17)6(14-2)15(18)19/h1,5H,(H,16,17). The van der Waals surface area contributed by atoms with E-state index in [0.29, 0.717) is 0 Å². The minimum Gasteiger partial charge on any atom is -0.477 e. The number of carboxylic acid groups (broad SMARTS) is 1. The molecule has 20 heavy (non-hydrogen) atoms. The lowest BCUT2D eigenvalue weighted by Crippen LogP contribution is -2.20. The van der Waals surface area contributed by atoms with Crippen LogP contribution in [0.4, 0.5) is 27.8 Å². The molecular formula is C8H3F5N2O5. The summed E-state index contributed by atoms with van der Waals surface area (Å²) in [5.41, 5.74) is -2.99. The van der Waals surface area contributed by atoms with E-state index in [-0.39, 0.29) is 6.07 Å². The Balaban J connectivity index is 3.59. The lowest BCUT2D eigenvalue weighted by Gasteiger charge is -2.11. The van der Waals surface area contributed by atoms with Crippen molar-refractivity contribution in [1.29, 1.82) is 0 Å². The van der Waals surface area contributed by atoms with Gasteiger partial charge in [0.25, 0.3) is 0 Å². The molecule has 1 aromatic rings. The summed E-state index contributed by atoms with van der Waals surface area (Å²) >= 11 is 0. The predicted octanol–water partition coefficient (Wildman–Crippen LogP) is 2.52. The second-order valence-electron chi connectivity index (χ2n) is 3.15. The zero-order valence-electron chi connectivity index (χ0n) is 9.02. The molecule has 7 nitrogen and oxygen atoms in total. The molecule has 0 unspecified atom stereocenters. The van der Waals surface area contributed by atoms with Gasteiger partial charge in [0, 0.05) is 6.07 Å². The van der Waals surface area contributed by atoms with Crippen LogP contribution >= 0.6 is 0 Å². The van der Waals surface area contributed by atoms with E-state index in [4.69, 9.17) is 5.11 Å². The molecule has 0 aliphatic heterocycles. The normalized spacial score (nSPS) is 11.5. The number of pyridine rings is 1. The summed E-state index contributed by atoms with van der Waals surface area (Å²) in [6.07, 6.45) is -8.87. The van der Waals surface area contributed by atoms with Crippen LogP contribution in [0.3, 0.4) is 0 Å². The van der Waals surface area contributed by atoms with E-state index in [1.807, 2.05) is 0 Å². The van der Waals surface area contributed by atoms with Crippen molar-refractivity contribution < 1.29 is 41.5 Å². The Bertz CT molecular complexity index is 559. The molecule has 0 fully saturated rings.